The Balaban J connectivity index is 0.000000135. The van der Waals surface area contributed by atoms with E-state index in [1.807, 2.05) is 0 Å². The molecule has 0 aliphatic carbocycles. The standard InChI is InChI=1S/2C56H35N/c1-3-17-42-36(13-1)15-11-24-44(42)38-27-29-40(30-28-38)51-35-52-47-20-6-8-22-49(47)56-55(54(52)48-21-7-5-19-46(48)51)50-23-9-10-26-53(50)57(56)41-33-31-39(32-34-41)45-25-12-16-37-14-2-4-18-43(37)45;1-3-13-41-33-43(27-23-36(41)11-1)38-21-25-40(26-22-38)51-35-52-47-16-6-8-18-49(47)56-55(54(52)48-17-7-5-15-46(48)51)50-19-9-10-20-53(50)57(56)45-31-29-39(30-32-45)44-28-24-37-12-2-4-14-42(37)34-44/h2*1-35H. The van der Waals surface area contributed by atoms with Gasteiger partial charge in [0.25, 0.3) is 0 Å². The fourth-order valence-corrected chi connectivity index (χ4v) is 19.0. The van der Waals surface area contributed by atoms with Crippen molar-refractivity contribution in [2.45, 2.75) is 0 Å². The van der Waals surface area contributed by atoms with Gasteiger partial charge in [0, 0.05) is 54.5 Å². The van der Waals surface area contributed by atoms with Crippen LogP contribution in [-0.4, -0.2) is 9.13 Å². The average Bonchev–Trinajstić information content (AvgIpc) is 1.50. The van der Waals surface area contributed by atoms with Crippen molar-refractivity contribution >= 4 is 151 Å². The van der Waals surface area contributed by atoms with E-state index in [9.17, 15) is 0 Å². The molecule has 2 heterocycles. The second-order valence-electron chi connectivity index (χ2n) is 30.5. The first kappa shape index (κ1) is 65.0. The smallest absolute Gasteiger partial charge is 0.0626 e. The van der Waals surface area contributed by atoms with Crippen LogP contribution < -0.4 is 0 Å². The lowest BCUT2D eigenvalue weighted by Gasteiger charge is -2.17. The fraction of sp³-hybridized carbons (Fsp3) is 0. The van der Waals surface area contributed by atoms with Gasteiger partial charge in [-0.2, -0.15) is 0 Å². The van der Waals surface area contributed by atoms with Crippen LogP contribution in [0, 0.1) is 0 Å². The topological polar surface area (TPSA) is 9.86 Å². The minimum atomic E-state index is 1.15. The Labute approximate surface area is 658 Å². The molecule has 0 fully saturated rings. The van der Waals surface area contributed by atoms with Crippen molar-refractivity contribution in [3.8, 4) is 78.1 Å². The number of rotatable bonds is 8. The average molecular weight is 1440 g/mol. The van der Waals surface area contributed by atoms with Gasteiger partial charge in [0.2, 0.25) is 0 Å². The maximum Gasteiger partial charge on any atom is 0.0626 e. The van der Waals surface area contributed by atoms with Crippen LogP contribution >= 0.6 is 0 Å². The van der Waals surface area contributed by atoms with Gasteiger partial charge in [0.15, 0.2) is 0 Å². The van der Waals surface area contributed by atoms with E-state index >= 15 is 0 Å². The zero-order chi connectivity index (χ0) is 74.9. The molecule has 0 atom stereocenters. The molecule has 0 aliphatic rings. The minimum absolute atomic E-state index is 1.15. The summed E-state index contributed by atoms with van der Waals surface area (Å²) >= 11 is 0. The molecule has 0 saturated heterocycles. The second kappa shape index (κ2) is 26.4. The van der Waals surface area contributed by atoms with Gasteiger partial charge in [-0.05, 0) is 214 Å². The molecule has 2 heteroatoms. The number of benzene rings is 22. The largest absolute Gasteiger partial charge is 0.309 e. The Morgan fingerprint density at radius 1 is 0.132 bits per heavy atom. The van der Waals surface area contributed by atoms with E-state index in [0.29, 0.717) is 0 Å². The fourth-order valence-electron chi connectivity index (χ4n) is 19.0. The molecule has 0 radical (unpaired) electrons. The molecule has 0 amide bonds. The third-order valence-corrected chi connectivity index (χ3v) is 24.3. The number of nitrogens with zero attached hydrogens (tertiary/aromatic N) is 2. The number of para-hydroxylation sites is 2. The Bertz CT molecular complexity index is 8050. The maximum absolute atomic E-state index is 2.49. The van der Waals surface area contributed by atoms with Gasteiger partial charge in [-0.25, -0.2) is 0 Å². The van der Waals surface area contributed by atoms with Crippen molar-refractivity contribution in [2.24, 2.45) is 0 Å². The summed E-state index contributed by atoms with van der Waals surface area (Å²) in [6.07, 6.45) is 0. The molecule has 0 N–H and O–H groups in total. The van der Waals surface area contributed by atoms with Gasteiger partial charge in [-0.15, -0.1) is 0 Å². The summed E-state index contributed by atoms with van der Waals surface area (Å²) in [4.78, 5) is 0. The first-order chi connectivity index (χ1) is 56.6. The lowest BCUT2D eigenvalue weighted by atomic mass is 9.88. The Morgan fingerprint density at radius 2 is 0.412 bits per heavy atom. The summed E-state index contributed by atoms with van der Waals surface area (Å²) in [5, 5.41) is 30.5. The summed E-state index contributed by atoms with van der Waals surface area (Å²) in [5.41, 5.74) is 22.0. The lowest BCUT2D eigenvalue weighted by Crippen LogP contribution is -1.95. The van der Waals surface area contributed by atoms with Crippen LogP contribution in [0.15, 0.2) is 425 Å². The number of aromatic nitrogens is 2. The Kier molecular flexibility index (Phi) is 15.0. The van der Waals surface area contributed by atoms with Crippen LogP contribution in [0.1, 0.15) is 0 Å². The summed E-state index contributed by atoms with van der Waals surface area (Å²) in [6, 6.07) is 157. The van der Waals surface area contributed by atoms with Crippen LogP contribution in [0.3, 0.4) is 0 Å². The highest BCUT2D eigenvalue weighted by Gasteiger charge is 2.25. The number of hydrogen-bond acceptors (Lipinski definition) is 0. The molecule has 0 spiro atoms. The van der Waals surface area contributed by atoms with Crippen LogP contribution in [0.2, 0.25) is 0 Å². The van der Waals surface area contributed by atoms with Crippen molar-refractivity contribution in [3.05, 3.63) is 425 Å². The minimum Gasteiger partial charge on any atom is -0.309 e. The molecule has 22 aromatic carbocycles. The summed E-state index contributed by atoms with van der Waals surface area (Å²) in [6.45, 7) is 0. The SMILES string of the molecule is c1ccc2c(-c3ccc(-c4cc5c6ccccc6c6c(c7ccccc7n6-c6ccc(-c7cccc8ccccc78)cc6)c5c5ccccc45)cc3)cccc2c1.c1ccc2cc(-c3ccc(-c4cc5c6ccccc6c6c(c7ccccc7n6-c6ccc(-c7ccc8ccccc8c7)cc6)c5c5ccccc45)cc3)ccc2c1. The van der Waals surface area contributed by atoms with Gasteiger partial charge in [-0.1, -0.05) is 364 Å². The quantitative estimate of drug-likeness (QED) is 0.134. The third kappa shape index (κ3) is 10.4. The first-order valence-corrected chi connectivity index (χ1v) is 39.5. The summed E-state index contributed by atoms with van der Waals surface area (Å²) in [5.74, 6) is 0. The van der Waals surface area contributed by atoms with Gasteiger partial charge in [0.1, 0.15) is 0 Å². The highest BCUT2D eigenvalue weighted by atomic mass is 15.0. The van der Waals surface area contributed by atoms with Crippen molar-refractivity contribution in [3.63, 3.8) is 0 Å². The predicted molar refractivity (Wildman–Crippen MR) is 489 cm³/mol. The van der Waals surface area contributed by atoms with Crippen LogP contribution in [-0.2, 0) is 0 Å². The van der Waals surface area contributed by atoms with E-state index in [-0.39, 0.29) is 0 Å². The van der Waals surface area contributed by atoms with E-state index in [0.717, 1.165) is 11.4 Å². The molecule has 114 heavy (non-hydrogen) atoms. The predicted octanol–water partition coefficient (Wildman–Crippen LogP) is 31.1. The normalized spacial score (nSPS) is 11.9. The summed E-state index contributed by atoms with van der Waals surface area (Å²) in [7, 11) is 0. The molecular weight excluding hydrogens is 1370 g/mol. The molecule has 2 nitrogen and oxygen atoms in total. The zero-order valence-electron chi connectivity index (χ0n) is 62.3. The third-order valence-electron chi connectivity index (χ3n) is 24.3. The Hall–Kier alpha value is -15.0. The number of hydrogen-bond donors (Lipinski definition) is 0. The van der Waals surface area contributed by atoms with Gasteiger partial charge in [-0.3, -0.25) is 0 Å². The van der Waals surface area contributed by atoms with E-state index in [4.69, 9.17) is 0 Å². The van der Waals surface area contributed by atoms with Crippen LogP contribution in [0.5, 0.6) is 0 Å². The molecular formula is C112H70N2. The molecule has 0 bridgehead atoms. The highest BCUT2D eigenvalue weighted by Crippen LogP contribution is 2.51. The van der Waals surface area contributed by atoms with Gasteiger partial charge in [0.05, 0.1) is 22.1 Å². The highest BCUT2D eigenvalue weighted by molar-refractivity contribution is 6.40. The van der Waals surface area contributed by atoms with E-state index in [1.165, 1.54) is 218 Å². The van der Waals surface area contributed by atoms with Gasteiger partial charge < -0.3 is 9.13 Å². The first-order valence-electron chi connectivity index (χ1n) is 39.5. The summed E-state index contributed by atoms with van der Waals surface area (Å²) < 4.78 is 4.98. The molecule has 24 rings (SSSR count). The van der Waals surface area contributed by atoms with Crippen LogP contribution in [0.25, 0.3) is 229 Å². The number of fused-ring (bicyclic) bond motifs is 24. The van der Waals surface area contributed by atoms with Crippen molar-refractivity contribution in [1.82, 2.24) is 9.13 Å². The molecule has 528 valence electrons. The second-order valence-corrected chi connectivity index (χ2v) is 30.5. The molecule has 24 aromatic rings. The van der Waals surface area contributed by atoms with E-state index in [2.05, 4.69) is 434 Å². The maximum atomic E-state index is 2.49. The van der Waals surface area contributed by atoms with Crippen molar-refractivity contribution in [1.29, 1.82) is 0 Å². The zero-order valence-corrected chi connectivity index (χ0v) is 62.3. The molecule has 0 saturated carbocycles. The van der Waals surface area contributed by atoms with Crippen LogP contribution in [0.4, 0.5) is 0 Å². The lowest BCUT2D eigenvalue weighted by molar-refractivity contribution is 1.19. The molecule has 2 aromatic heterocycles. The monoisotopic (exact) mass is 1440 g/mol. The van der Waals surface area contributed by atoms with Gasteiger partial charge >= 0.3 is 0 Å². The molecule has 0 unspecified atom stereocenters. The molecule has 0 aliphatic heterocycles. The van der Waals surface area contributed by atoms with E-state index < -0.39 is 0 Å². The Morgan fingerprint density at radius 3 is 0.825 bits per heavy atom. The van der Waals surface area contributed by atoms with Crippen molar-refractivity contribution in [2.75, 3.05) is 0 Å². The van der Waals surface area contributed by atoms with E-state index in [1.54, 1.807) is 0 Å². The van der Waals surface area contributed by atoms with Crippen molar-refractivity contribution < 1.29 is 0 Å².